The fourth-order valence-corrected chi connectivity index (χ4v) is 0.870. The zero-order chi connectivity index (χ0) is 11.2. The minimum Gasteiger partial charge on any atom is -0.475 e. The number of halogens is 3. The Labute approximate surface area is 78.7 Å². The van der Waals surface area contributed by atoms with Gasteiger partial charge in [0.1, 0.15) is 0 Å². The summed E-state index contributed by atoms with van der Waals surface area (Å²) in [4.78, 5) is 8.90. The average molecular weight is 215 g/mol. The first-order valence-electron chi connectivity index (χ1n) is 3.99. The van der Waals surface area contributed by atoms with Crippen LogP contribution in [0.2, 0.25) is 0 Å². The molecule has 0 bridgehead atoms. The SMILES string of the molecule is O=C(O)C(F)(F)F.OCC1CCNC1. The van der Waals surface area contributed by atoms with Crippen LogP contribution in [0.3, 0.4) is 0 Å². The van der Waals surface area contributed by atoms with Gasteiger partial charge < -0.3 is 15.5 Å². The Morgan fingerprint density at radius 2 is 2.00 bits per heavy atom. The van der Waals surface area contributed by atoms with E-state index in [1.165, 1.54) is 0 Å². The van der Waals surface area contributed by atoms with Crippen molar-refractivity contribution in [2.45, 2.75) is 12.6 Å². The molecule has 4 nitrogen and oxygen atoms in total. The molecule has 0 saturated carbocycles. The molecule has 1 fully saturated rings. The van der Waals surface area contributed by atoms with E-state index in [2.05, 4.69) is 5.32 Å². The fourth-order valence-electron chi connectivity index (χ4n) is 0.870. The number of aliphatic hydroxyl groups excluding tert-OH is 1. The summed E-state index contributed by atoms with van der Waals surface area (Å²) in [6.45, 7) is 2.45. The van der Waals surface area contributed by atoms with Gasteiger partial charge in [-0.05, 0) is 18.9 Å². The number of aliphatic carboxylic acids is 1. The molecule has 0 aromatic carbocycles. The number of rotatable bonds is 1. The van der Waals surface area contributed by atoms with Gasteiger partial charge in [0, 0.05) is 13.2 Å². The number of carboxylic acid groups (broad SMARTS) is 1. The smallest absolute Gasteiger partial charge is 0.475 e. The summed E-state index contributed by atoms with van der Waals surface area (Å²) in [5.74, 6) is -2.22. The number of nitrogens with one attached hydrogen (secondary N) is 1. The van der Waals surface area contributed by atoms with E-state index >= 15 is 0 Å². The number of aliphatic hydroxyl groups is 1. The second-order valence-corrected chi connectivity index (χ2v) is 2.84. The summed E-state index contributed by atoms with van der Waals surface area (Å²) >= 11 is 0. The number of carboxylic acids is 1. The lowest BCUT2D eigenvalue weighted by atomic mass is 10.1. The molecule has 0 aromatic heterocycles. The van der Waals surface area contributed by atoms with Crippen LogP contribution in [0.1, 0.15) is 6.42 Å². The molecule has 1 unspecified atom stereocenters. The lowest BCUT2D eigenvalue weighted by Crippen LogP contribution is -2.21. The van der Waals surface area contributed by atoms with Gasteiger partial charge in [-0.2, -0.15) is 13.2 Å². The van der Waals surface area contributed by atoms with Gasteiger partial charge in [-0.1, -0.05) is 0 Å². The van der Waals surface area contributed by atoms with E-state index in [9.17, 15) is 13.2 Å². The van der Waals surface area contributed by atoms with Gasteiger partial charge in [0.15, 0.2) is 0 Å². The topological polar surface area (TPSA) is 69.6 Å². The van der Waals surface area contributed by atoms with Crippen molar-refractivity contribution in [2.24, 2.45) is 5.92 Å². The molecule has 0 amide bonds. The maximum absolute atomic E-state index is 10.6. The zero-order valence-corrected chi connectivity index (χ0v) is 7.34. The van der Waals surface area contributed by atoms with Crippen molar-refractivity contribution in [1.82, 2.24) is 5.32 Å². The van der Waals surface area contributed by atoms with Crippen molar-refractivity contribution in [2.75, 3.05) is 19.7 Å². The first kappa shape index (κ1) is 13.2. The Bertz CT molecular complexity index is 178. The number of alkyl halides is 3. The van der Waals surface area contributed by atoms with Crippen molar-refractivity contribution in [3.63, 3.8) is 0 Å². The monoisotopic (exact) mass is 215 g/mol. The van der Waals surface area contributed by atoms with Crippen LogP contribution >= 0.6 is 0 Å². The number of carbonyl (C=O) groups is 1. The molecule has 14 heavy (non-hydrogen) atoms. The minimum atomic E-state index is -5.08. The number of hydrogen-bond donors (Lipinski definition) is 3. The highest BCUT2D eigenvalue weighted by molar-refractivity contribution is 5.73. The van der Waals surface area contributed by atoms with Crippen molar-refractivity contribution in [3.8, 4) is 0 Å². The van der Waals surface area contributed by atoms with E-state index in [4.69, 9.17) is 15.0 Å². The molecule has 1 aliphatic heterocycles. The second kappa shape index (κ2) is 5.82. The molecule has 1 rings (SSSR count). The third-order valence-electron chi connectivity index (χ3n) is 1.66. The second-order valence-electron chi connectivity index (χ2n) is 2.84. The molecule has 84 valence electrons. The van der Waals surface area contributed by atoms with Gasteiger partial charge in [0.2, 0.25) is 0 Å². The Kier molecular flexibility index (Phi) is 5.47. The van der Waals surface area contributed by atoms with E-state index in [1.54, 1.807) is 0 Å². The summed E-state index contributed by atoms with van der Waals surface area (Å²) in [6.07, 6.45) is -3.93. The highest BCUT2D eigenvalue weighted by Crippen LogP contribution is 2.13. The largest absolute Gasteiger partial charge is 0.490 e. The van der Waals surface area contributed by atoms with Crippen LogP contribution in [0.15, 0.2) is 0 Å². The number of hydrogen-bond acceptors (Lipinski definition) is 3. The van der Waals surface area contributed by atoms with Crippen LogP contribution in [-0.2, 0) is 4.79 Å². The van der Waals surface area contributed by atoms with Crippen LogP contribution in [0.4, 0.5) is 13.2 Å². The molecule has 1 aliphatic rings. The first-order chi connectivity index (χ1) is 6.38. The molecule has 0 aliphatic carbocycles. The summed E-state index contributed by atoms with van der Waals surface area (Å²) in [5.41, 5.74) is 0. The Hall–Kier alpha value is -0.820. The lowest BCUT2D eigenvalue weighted by Gasteiger charge is -1.98. The van der Waals surface area contributed by atoms with Gasteiger partial charge in [0.05, 0.1) is 0 Å². The van der Waals surface area contributed by atoms with Gasteiger partial charge in [-0.25, -0.2) is 4.79 Å². The summed E-state index contributed by atoms with van der Waals surface area (Å²) < 4.78 is 31.7. The molecule has 7 heteroatoms. The molecular formula is C7H12F3NO3. The quantitative estimate of drug-likeness (QED) is 0.585. The maximum atomic E-state index is 10.6. The van der Waals surface area contributed by atoms with Crippen LogP contribution in [0.25, 0.3) is 0 Å². The first-order valence-corrected chi connectivity index (χ1v) is 3.99. The normalized spacial score (nSPS) is 21.3. The molecule has 3 N–H and O–H groups in total. The van der Waals surface area contributed by atoms with E-state index in [0.29, 0.717) is 12.5 Å². The Balaban J connectivity index is 0.000000241. The van der Waals surface area contributed by atoms with Crippen LogP contribution in [0.5, 0.6) is 0 Å². The molecule has 1 saturated heterocycles. The summed E-state index contributed by atoms with van der Waals surface area (Å²) in [6, 6.07) is 0. The van der Waals surface area contributed by atoms with E-state index in [0.717, 1.165) is 19.5 Å². The predicted molar refractivity (Wildman–Crippen MR) is 41.8 cm³/mol. The Morgan fingerprint density at radius 3 is 2.14 bits per heavy atom. The third-order valence-corrected chi connectivity index (χ3v) is 1.66. The minimum absolute atomic E-state index is 0.354. The molecule has 0 aromatic rings. The molecule has 1 heterocycles. The average Bonchev–Trinajstić information content (AvgIpc) is 2.54. The molecule has 0 spiro atoms. The van der Waals surface area contributed by atoms with Crippen molar-refractivity contribution >= 4 is 5.97 Å². The molecule has 0 radical (unpaired) electrons. The highest BCUT2D eigenvalue weighted by atomic mass is 19.4. The maximum Gasteiger partial charge on any atom is 0.490 e. The van der Waals surface area contributed by atoms with Crippen LogP contribution in [-0.4, -0.2) is 42.1 Å². The van der Waals surface area contributed by atoms with E-state index < -0.39 is 12.1 Å². The molecule has 1 atom stereocenters. The third kappa shape index (κ3) is 5.76. The van der Waals surface area contributed by atoms with E-state index in [1.807, 2.05) is 0 Å². The zero-order valence-electron chi connectivity index (χ0n) is 7.34. The van der Waals surface area contributed by atoms with Gasteiger partial charge in [-0.3, -0.25) is 0 Å². The van der Waals surface area contributed by atoms with Crippen molar-refractivity contribution < 1.29 is 28.2 Å². The Morgan fingerprint density at radius 1 is 1.50 bits per heavy atom. The van der Waals surface area contributed by atoms with Crippen molar-refractivity contribution in [1.29, 1.82) is 0 Å². The van der Waals surface area contributed by atoms with Crippen LogP contribution < -0.4 is 5.32 Å². The summed E-state index contributed by atoms with van der Waals surface area (Å²) in [5, 5.41) is 18.8. The highest BCUT2D eigenvalue weighted by Gasteiger charge is 2.38. The summed E-state index contributed by atoms with van der Waals surface area (Å²) in [7, 11) is 0. The van der Waals surface area contributed by atoms with Crippen LogP contribution in [0, 0.1) is 5.92 Å². The molecular weight excluding hydrogens is 203 g/mol. The fraction of sp³-hybridized carbons (Fsp3) is 0.857. The lowest BCUT2D eigenvalue weighted by molar-refractivity contribution is -0.192. The standard InChI is InChI=1S/C5H11NO.C2HF3O2/c7-4-5-1-2-6-3-5;3-2(4,5)1(6)7/h5-7H,1-4H2;(H,6,7). The van der Waals surface area contributed by atoms with E-state index in [-0.39, 0.29) is 0 Å². The predicted octanol–water partition coefficient (Wildman–Crippen LogP) is 0.222. The van der Waals surface area contributed by atoms with Gasteiger partial charge >= 0.3 is 12.1 Å². The van der Waals surface area contributed by atoms with Gasteiger partial charge in [0.25, 0.3) is 0 Å². The van der Waals surface area contributed by atoms with Crippen molar-refractivity contribution in [3.05, 3.63) is 0 Å². The van der Waals surface area contributed by atoms with Gasteiger partial charge in [-0.15, -0.1) is 0 Å².